The van der Waals surface area contributed by atoms with Crippen LogP contribution in [0.1, 0.15) is 27.2 Å². The first-order chi connectivity index (χ1) is 6.36. The number of hydrogen-bond acceptors (Lipinski definition) is 2. The van der Waals surface area contributed by atoms with Crippen molar-refractivity contribution in [1.82, 2.24) is 10.2 Å². The molecule has 1 rings (SSSR count). The molecule has 0 fully saturated rings. The van der Waals surface area contributed by atoms with Crippen LogP contribution in [0.25, 0.3) is 0 Å². The number of nitrogens with one attached hydrogen (secondary N) is 1. The van der Waals surface area contributed by atoms with Crippen LogP contribution in [0.4, 0.5) is 13.2 Å². The molecule has 0 aromatic heterocycles. The normalized spacial score (nSPS) is 22.6. The molecule has 82 valence electrons. The highest BCUT2D eigenvalue weighted by molar-refractivity contribution is 5.13. The maximum Gasteiger partial charge on any atom is 0.432 e. The zero-order valence-electron chi connectivity index (χ0n) is 8.52. The van der Waals surface area contributed by atoms with Crippen LogP contribution in [0.5, 0.6) is 0 Å². The van der Waals surface area contributed by atoms with Gasteiger partial charge < -0.3 is 10.2 Å². The van der Waals surface area contributed by atoms with Gasteiger partial charge in [-0.15, -0.1) is 0 Å². The van der Waals surface area contributed by atoms with Crippen molar-refractivity contribution in [2.75, 3.05) is 0 Å². The van der Waals surface area contributed by atoms with Crippen molar-refractivity contribution in [2.24, 2.45) is 0 Å². The standard InChI is InChI=1S/C9H15F3N2/c1-4-8-13-7(9(10,11)12)5-14(8)6(2)3/h5-6,8,13H,4H2,1-3H3. The van der Waals surface area contributed by atoms with Crippen LogP contribution < -0.4 is 5.32 Å². The summed E-state index contributed by atoms with van der Waals surface area (Å²) in [5, 5.41) is 2.47. The van der Waals surface area contributed by atoms with Gasteiger partial charge in [0.2, 0.25) is 0 Å². The van der Waals surface area contributed by atoms with E-state index in [2.05, 4.69) is 5.32 Å². The Hall–Kier alpha value is -0.870. The second kappa shape index (κ2) is 3.71. The van der Waals surface area contributed by atoms with Gasteiger partial charge in [-0.2, -0.15) is 13.2 Å². The molecule has 1 unspecified atom stereocenters. The summed E-state index contributed by atoms with van der Waals surface area (Å²) in [5.74, 6) is 0. The van der Waals surface area contributed by atoms with Crippen molar-refractivity contribution in [2.45, 2.75) is 45.6 Å². The number of rotatable bonds is 2. The highest BCUT2D eigenvalue weighted by Gasteiger charge is 2.40. The summed E-state index contributed by atoms with van der Waals surface area (Å²) in [4.78, 5) is 1.70. The third-order valence-corrected chi connectivity index (χ3v) is 2.25. The minimum Gasteiger partial charge on any atom is -0.360 e. The molecule has 0 saturated heterocycles. The van der Waals surface area contributed by atoms with Crippen LogP contribution >= 0.6 is 0 Å². The van der Waals surface area contributed by atoms with Gasteiger partial charge in [-0.05, 0) is 20.3 Å². The molecule has 1 aliphatic heterocycles. The summed E-state index contributed by atoms with van der Waals surface area (Å²) in [5.41, 5.74) is -0.641. The average molecular weight is 208 g/mol. The van der Waals surface area contributed by atoms with E-state index in [0.29, 0.717) is 6.42 Å². The van der Waals surface area contributed by atoms with Crippen LogP contribution in [0, 0.1) is 0 Å². The highest BCUT2D eigenvalue weighted by atomic mass is 19.4. The summed E-state index contributed by atoms with van der Waals surface area (Å²) < 4.78 is 37.0. The van der Waals surface area contributed by atoms with Gasteiger partial charge in [0.25, 0.3) is 0 Å². The largest absolute Gasteiger partial charge is 0.432 e. The fourth-order valence-electron chi connectivity index (χ4n) is 1.51. The van der Waals surface area contributed by atoms with E-state index in [1.165, 1.54) is 6.20 Å². The topological polar surface area (TPSA) is 15.3 Å². The molecule has 5 heteroatoms. The monoisotopic (exact) mass is 208 g/mol. The molecule has 0 bridgehead atoms. The Morgan fingerprint density at radius 1 is 1.50 bits per heavy atom. The van der Waals surface area contributed by atoms with Crippen LogP contribution in [0.3, 0.4) is 0 Å². The first-order valence-corrected chi connectivity index (χ1v) is 4.69. The fraction of sp³-hybridized carbons (Fsp3) is 0.778. The maximum absolute atomic E-state index is 12.3. The molecule has 0 radical (unpaired) electrons. The number of alkyl halides is 3. The minimum absolute atomic E-state index is 0.0762. The van der Waals surface area contributed by atoms with Gasteiger partial charge in [-0.3, -0.25) is 0 Å². The van der Waals surface area contributed by atoms with Gasteiger partial charge in [-0.25, -0.2) is 0 Å². The van der Waals surface area contributed by atoms with Gasteiger partial charge in [0.1, 0.15) is 5.70 Å². The van der Waals surface area contributed by atoms with Crippen molar-refractivity contribution in [3.8, 4) is 0 Å². The molecule has 0 amide bonds. The van der Waals surface area contributed by atoms with E-state index in [4.69, 9.17) is 0 Å². The van der Waals surface area contributed by atoms with Crippen molar-refractivity contribution < 1.29 is 13.2 Å². The summed E-state index contributed by atoms with van der Waals surface area (Å²) in [6.07, 6.45) is -2.68. The Kier molecular flexibility index (Phi) is 2.97. The predicted molar refractivity (Wildman–Crippen MR) is 48.3 cm³/mol. The van der Waals surface area contributed by atoms with E-state index < -0.39 is 11.9 Å². The molecule has 1 atom stereocenters. The number of hydrogen-bond donors (Lipinski definition) is 1. The lowest BCUT2D eigenvalue weighted by Crippen LogP contribution is -2.40. The molecule has 1 N–H and O–H groups in total. The van der Waals surface area contributed by atoms with E-state index in [9.17, 15) is 13.2 Å². The molecule has 0 aromatic rings. The lowest BCUT2D eigenvalue weighted by Gasteiger charge is -2.28. The third-order valence-electron chi connectivity index (χ3n) is 2.25. The number of allylic oxidation sites excluding steroid dienone is 1. The second-order valence-corrected chi connectivity index (χ2v) is 3.65. The Morgan fingerprint density at radius 3 is 2.36 bits per heavy atom. The molecular formula is C9H15F3N2. The van der Waals surface area contributed by atoms with Crippen LogP contribution in [0.15, 0.2) is 11.9 Å². The minimum atomic E-state index is -4.27. The van der Waals surface area contributed by atoms with Gasteiger partial charge in [-0.1, -0.05) is 6.92 Å². The number of nitrogens with zero attached hydrogens (tertiary/aromatic N) is 1. The fourth-order valence-corrected chi connectivity index (χ4v) is 1.51. The summed E-state index contributed by atoms with van der Waals surface area (Å²) in [7, 11) is 0. The second-order valence-electron chi connectivity index (χ2n) is 3.65. The summed E-state index contributed by atoms with van der Waals surface area (Å²) in [6.45, 7) is 5.61. The van der Waals surface area contributed by atoms with Crippen LogP contribution in [-0.4, -0.2) is 23.3 Å². The molecule has 0 aliphatic carbocycles. The van der Waals surface area contributed by atoms with Gasteiger partial charge in [0.15, 0.2) is 0 Å². The van der Waals surface area contributed by atoms with E-state index in [1.54, 1.807) is 4.90 Å². The Bertz CT molecular complexity index is 233. The van der Waals surface area contributed by atoms with E-state index >= 15 is 0 Å². The van der Waals surface area contributed by atoms with E-state index in [0.717, 1.165) is 0 Å². The zero-order chi connectivity index (χ0) is 10.9. The first-order valence-electron chi connectivity index (χ1n) is 4.69. The molecule has 0 saturated carbocycles. The lowest BCUT2D eigenvalue weighted by atomic mass is 10.3. The van der Waals surface area contributed by atoms with Gasteiger partial charge in [0.05, 0.1) is 6.17 Å². The molecule has 14 heavy (non-hydrogen) atoms. The third kappa shape index (κ3) is 2.13. The van der Waals surface area contributed by atoms with Crippen molar-refractivity contribution in [3.05, 3.63) is 11.9 Å². The Balaban J connectivity index is 2.80. The Morgan fingerprint density at radius 2 is 2.07 bits per heavy atom. The van der Waals surface area contributed by atoms with Crippen LogP contribution in [-0.2, 0) is 0 Å². The van der Waals surface area contributed by atoms with Crippen LogP contribution in [0.2, 0.25) is 0 Å². The van der Waals surface area contributed by atoms with Crippen molar-refractivity contribution in [3.63, 3.8) is 0 Å². The molecule has 1 aliphatic rings. The van der Waals surface area contributed by atoms with Gasteiger partial charge in [0, 0.05) is 12.2 Å². The highest BCUT2D eigenvalue weighted by Crippen LogP contribution is 2.29. The van der Waals surface area contributed by atoms with Gasteiger partial charge >= 0.3 is 6.18 Å². The first kappa shape index (κ1) is 11.2. The molecular weight excluding hydrogens is 193 g/mol. The van der Waals surface area contributed by atoms with Crippen molar-refractivity contribution in [1.29, 1.82) is 0 Å². The zero-order valence-corrected chi connectivity index (χ0v) is 8.52. The summed E-state index contributed by atoms with van der Waals surface area (Å²) in [6, 6.07) is 0.0762. The predicted octanol–water partition coefficient (Wildman–Crippen LogP) is 2.44. The number of halogens is 3. The Labute approximate surface area is 81.8 Å². The molecule has 0 aromatic carbocycles. The SMILES string of the molecule is CCC1NC(C(F)(F)F)=CN1C(C)C. The van der Waals surface area contributed by atoms with E-state index in [-0.39, 0.29) is 12.2 Å². The molecule has 2 nitrogen and oxygen atoms in total. The molecule has 1 heterocycles. The smallest absolute Gasteiger partial charge is 0.360 e. The van der Waals surface area contributed by atoms with E-state index in [1.807, 2.05) is 20.8 Å². The summed E-state index contributed by atoms with van der Waals surface area (Å²) >= 11 is 0. The average Bonchev–Trinajstić information content (AvgIpc) is 2.45. The maximum atomic E-state index is 12.3. The van der Waals surface area contributed by atoms with Crippen molar-refractivity contribution >= 4 is 0 Å². The quantitative estimate of drug-likeness (QED) is 0.749. The lowest BCUT2D eigenvalue weighted by molar-refractivity contribution is -0.0963. The molecule has 0 spiro atoms.